The fraction of sp³-hybridized carbons (Fsp3) is 0.0833. The average molecular weight is 258 g/mol. The van der Waals surface area contributed by atoms with Gasteiger partial charge < -0.3 is 11.1 Å². The molecule has 2 aromatic rings. The second-order valence-corrected chi connectivity index (χ2v) is 4.48. The maximum absolute atomic E-state index is 11.7. The number of nitrogens with one attached hydrogen (secondary N) is 1. The molecular formula is C12H10N4OS. The molecule has 1 aromatic carbocycles. The van der Waals surface area contributed by atoms with Crippen molar-refractivity contribution < 1.29 is 4.79 Å². The second-order valence-electron chi connectivity index (χ2n) is 3.59. The van der Waals surface area contributed by atoms with Crippen LogP contribution in [0.15, 0.2) is 29.6 Å². The fourth-order valence-corrected chi connectivity index (χ4v) is 2.00. The Morgan fingerprint density at radius 1 is 1.56 bits per heavy atom. The van der Waals surface area contributed by atoms with Crippen molar-refractivity contribution in [2.45, 2.75) is 6.42 Å². The highest BCUT2D eigenvalue weighted by Gasteiger charge is 2.07. The highest BCUT2D eigenvalue weighted by Crippen LogP contribution is 2.13. The molecule has 2 rings (SSSR count). The monoisotopic (exact) mass is 258 g/mol. The first-order chi connectivity index (χ1) is 8.67. The summed E-state index contributed by atoms with van der Waals surface area (Å²) in [6, 6.07) is 8.76. The van der Waals surface area contributed by atoms with E-state index in [0.717, 1.165) is 0 Å². The molecule has 6 heteroatoms. The molecule has 3 N–H and O–H groups in total. The third kappa shape index (κ3) is 3.06. The van der Waals surface area contributed by atoms with Gasteiger partial charge in [-0.15, -0.1) is 11.3 Å². The van der Waals surface area contributed by atoms with Crippen molar-refractivity contribution in [1.82, 2.24) is 4.98 Å². The first kappa shape index (κ1) is 12.1. The molecule has 1 aromatic heterocycles. The summed E-state index contributed by atoms with van der Waals surface area (Å²) in [6.45, 7) is 0. The Morgan fingerprint density at radius 2 is 2.39 bits per heavy atom. The molecule has 18 heavy (non-hydrogen) atoms. The van der Waals surface area contributed by atoms with Crippen molar-refractivity contribution >= 4 is 28.1 Å². The second kappa shape index (κ2) is 5.29. The molecule has 0 radical (unpaired) electrons. The van der Waals surface area contributed by atoms with Gasteiger partial charge >= 0.3 is 0 Å². The predicted octanol–water partition coefficient (Wildman–Crippen LogP) is 1.78. The number of carbonyl (C=O) groups is 1. The lowest BCUT2D eigenvalue weighted by atomic mass is 10.2. The number of nitrogens with zero attached hydrogens (tertiary/aromatic N) is 2. The number of nitrogen functional groups attached to an aromatic ring is 1. The van der Waals surface area contributed by atoms with Crippen LogP contribution in [0.5, 0.6) is 0 Å². The molecule has 0 bridgehead atoms. The van der Waals surface area contributed by atoms with Gasteiger partial charge in [0.1, 0.15) is 0 Å². The topological polar surface area (TPSA) is 91.8 Å². The van der Waals surface area contributed by atoms with Gasteiger partial charge in [0.05, 0.1) is 23.7 Å². The molecule has 0 aliphatic carbocycles. The minimum absolute atomic E-state index is 0.171. The normalized spacial score (nSPS) is 9.72. The molecule has 5 nitrogen and oxygen atoms in total. The minimum atomic E-state index is -0.185. The summed E-state index contributed by atoms with van der Waals surface area (Å²) in [6.07, 6.45) is 0.171. The van der Waals surface area contributed by atoms with Gasteiger partial charge in [-0.25, -0.2) is 4.98 Å². The first-order valence-electron chi connectivity index (χ1n) is 5.17. The summed E-state index contributed by atoms with van der Waals surface area (Å²) in [4.78, 5) is 15.7. The van der Waals surface area contributed by atoms with E-state index in [9.17, 15) is 4.79 Å². The summed E-state index contributed by atoms with van der Waals surface area (Å²) < 4.78 is 0. The number of thiazole rings is 1. The lowest BCUT2D eigenvalue weighted by Crippen LogP contribution is -2.14. The van der Waals surface area contributed by atoms with Crippen LogP contribution in [0.25, 0.3) is 0 Å². The molecule has 0 spiro atoms. The third-order valence-corrected chi connectivity index (χ3v) is 2.91. The van der Waals surface area contributed by atoms with E-state index >= 15 is 0 Å². The van der Waals surface area contributed by atoms with Gasteiger partial charge in [0.2, 0.25) is 5.91 Å². The molecule has 1 amide bonds. The van der Waals surface area contributed by atoms with Crippen LogP contribution in [0.2, 0.25) is 0 Å². The predicted molar refractivity (Wildman–Crippen MR) is 70.0 cm³/mol. The van der Waals surface area contributed by atoms with E-state index in [1.54, 1.807) is 29.6 Å². The van der Waals surface area contributed by atoms with Gasteiger partial charge in [0.25, 0.3) is 0 Å². The smallest absolute Gasteiger partial charge is 0.230 e. The van der Waals surface area contributed by atoms with Gasteiger partial charge in [0, 0.05) is 11.1 Å². The molecule has 0 aliphatic rings. The van der Waals surface area contributed by atoms with Gasteiger partial charge in [0.15, 0.2) is 5.13 Å². The van der Waals surface area contributed by atoms with Crippen LogP contribution in [-0.2, 0) is 11.2 Å². The Labute approximate surface area is 108 Å². The highest BCUT2D eigenvalue weighted by molar-refractivity contribution is 7.13. The van der Waals surface area contributed by atoms with Gasteiger partial charge in [-0.3, -0.25) is 4.79 Å². The molecule has 0 saturated heterocycles. The number of rotatable bonds is 3. The zero-order chi connectivity index (χ0) is 13.0. The van der Waals surface area contributed by atoms with Gasteiger partial charge in [-0.05, 0) is 18.2 Å². The Kier molecular flexibility index (Phi) is 3.55. The van der Waals surface area contributed by atoms with Crippen LogP contribution < -0.4 is 11.1 Å². The SMILES string of the molecule is N#Cc1cccc(NC(=O)Cc2csc(N)n2)c1. The first-order valence-corrected chi connectivity index (χ1v) is 6.05. The summed E-state index contributed by atoms with van der Waals surface area (Å²) in [5, 5.41) is 13.7. The number of nitrogens with two attached hydrogens (primary N) is 1. The van der Waals surface area contributed by atoms with Crippen LogP contribution in [0.4, 0.5) is 10.8 Å². The lowest BCUT2D eigenvalue weighted by Gasteiger charge is -2.03. The average Bonchev–Trinajstić information content (AvgIpc) is 2.74. The molecule has 1 heterocycles. The van der Waals surface area contributed by atoms with Crippen LogP contribution in [-0.4, -0.2) is 10.9 Å². The Balaban J connectivity index is 2.01. The largest absolute Gasteiger partial charge is 0.375 e. The van der Waals surface area contributed by atoms with Crippen molar-refractivity contribution in [1.29, 1.82) is 5.26 Å². The standard InChI is InChI=1S/C12H10N4OS/c13-6-8-2-1-3-9(4-8)15-11(17)5-10-7-18-12(14)16-10/h1-4,7H,5H2,(H2,14,16)(H,15,17). The minimum Gasteiger partial charge on any atom is -0.375 e. The number of anilines is 2. The number of nitriles is 1. The Morgan fingerprint density at radius 3 is 3.06 bits per heavy atom. The number of carbonyl (C=O) groups excluding carboxylic acids is 1. The Bertz CT molecular complexity index is 615. The quantitative estimate of drug-likeness (QED) is 0.877. The number of benzene rings is 1. The maximum Gasteiger partial charge on any atom is 0.230 e. The molecule has 0 saturated carbocycles. The van der Waals surface area contributed by atoms with Crippen LogP contribution in [0, 0.1) is 11.3 Å². The molecule has 0 atom stereocenters. The number of aromatic nitrogens is 1. The van der Waals surface area contributed by atoms with Crippen LogP contribution in [0.3, 0.4) is 0 Å². The lowest BCUT2D eigenvalue weighted by molar-refractivity contribution is -0.115. The highest BCUT2D eigenvalue weighted by atomic mass is 32.1. The van der Waals surface area contributed by atoms with E-state index in [0.29, 0.717) is 22.1 Å². The van der Waals surface area contributed by atoms with Gasteiger partial charge in [-0.2, -0.15) is 5.26 Å². The zero-order valence-corrected chi connectivity index (χ0v) is 10.2. The van der Waals surface area contributed by atoms with E-state index in [-0.39, 0.29) is 12.3 Å². The summed E-state index contributed by atoms with van der Waals surface area (Å²) in [7, 11) is 0. The van der Waals surface area contributed by atoms with Gasteiger partial charge in [-0.1, -0.05) is 6.07 Å². The van der Waals surface area contributed by atoms with Crippen LogP contribution >= 0.6 is 11.3 Å². The summed E-state index contributed by atoms with van der Waals surface area (Å²) >= 11 is 1.30. The van der Waals surface area contributed by atoms with Crippen molar-refractivity contribution in [3.63, 3.8) is 0 Å². The van der Waals surface area contributed by atoms with Crippen LogP contribution in [0.1, 0.15) is 11.3 Å². The maximum atomic E-state index is 11.7. The zero-order valence-electron chi connectivity index (χ0n) is 9.38. The summed E-state index contributed by atoms with van der Waals surface area (Å²) in [5.41, 5.74) is 7.23. The number of amides is 1. The molecule has 90 valence electrons. The fourth-order valence-electron chi connectivity index (χ4n) is 1.44. The molecule has 0 fully saturated rings. The van der Waals surface area contributed by atoms with Crippen molar-refractivity contribution in [3.8, 4) is 6.07 Å². The van der Waals surface area contributed by atoms with Crippen molar-refractivity contribution in [2.75, 3.05) is 11.1 Å². The third-order valence-electron chi connectivity index (χ3n) is 2.19. The molecular weight excluding hydrogens is 248 g/mol. The molecule has 0 unspecified atom stereocenters. The van der Waals surface area contributed by atoms with E-state index in [4.69, 9.17) is 11.0 Å². The Hall–Kier alpha value is -2.39. The number of hydrogen-bond acceptors (Lipinski definition) is 5. The van der Waals surface area contributed by atoms with E-state index in [1.165, 1.54) is 11.3 Å². The van der Waals surface area contributed by atoms with Crippen molar-refractivity contribution in [3.05, 3.63) is 40.9 Å². The van der Waals surface area contributed by atoms with E-state index in [1.807, 2.05) is 6.07 Å². The van der Waals surface area contributed by atoms with E-state index < -0.39 is 0 Å². The molecule has 0 aliphatic heterocycles. The number of hydrogen-bond donors (Lipinski definition) is 2. The summed E-state index contributed by atoms with van der Waals surface area (Å²) in [5.74, 6) is -0.185. The van der Waals surface area contributed by atoms with Crippen molar-refractivity contribution in [2.24, 2.45) is 0 Å². The van der Waals surface area contributed by atoms with E-state index in [2.05, 4.69) is 10.3 Å².